The van der Waals surface area contributed by atoms with E-state index < -0.39 is 0 Å². The van der Waals surface area contributed by atoms with Crippen molar-refractivity contribution in [2.24, 2.45) is 5.92 Å². The second kappa shape index (κ2) is 6.17. The monoisotopic (exact) mass is 242 g/mol. The van der Waals surface area contributed by atoms with Gasteiger partial charge in [-0.15, -0.1) is 0 Å². The van der Waals surface area contributed by atoms with Gasteiger partial charge in [-0.1, -0.05) is 20.3 Å². The van der Waals surface area contributed by atoms with Crippen molar-refractivity contribution < 1.29 is 4.74 Å². The van der Waals surface area contributed by atoms with E-state index in [2.05, 4.69) is 44.8 Å². The Kier molecular flexibility index (Phi) is 5.42. The van der Waals surface area contributed by atoms with Crippen LogP contribution < -0.4 is 5.32 Å². The topological polar surface area (TPSA) is 24.5 Å². The van der Waals surface area contributed by atoms with Crippen LogP contribution in [0.1, 0.15) is 41.0 Å². The van der Waals surface area contributed by atoms with Gasteiger partial charge in [0.15, 0.2) is 0 Å². The van der Waals surface area contributed by atoms with E-state index in [-0.39, 0.29) is 5.54 Å². The van der Waals surface area contributed by atoms with E-state index in [1.165, 1.54) is 6.42 Å². The Balaban J connectivity index is 2.69. The molecule has 0 aromatic carbocycles. The Labute approximate surface area is 107 Å². The molecule has 3 unspecified atom stereocenters. The maximum absolute atomic E-state index is 5.37. The summed E-state index contributed by atoms with van der Waals surface area (Å²) in [5.41, 5.74) is 0.127. The van der Waals surface area contributed by atoms with Crippen LogP contribution in [0.2, 0.25) is 0 Å². The fourth-order valence-electron chi connectivity index (χ4n) is 2.83. The standard InChI is InChI=1S/C14H30N2O/c1-7-11(2)13-9-16(12(3)8-15-13)14(4,5)10-17-6/h11-13,15H,7-10H2,1-6H3. The number of ether oxygens (including phenoxy) is 1. The highest BCUT2D eigenvalue weighted by atomic mass is 16.5. The fourth-order valence-corrected chi connectivity index (χ4v) is 2.83. The number of nitrogens with zero attached hydrogens (tertiary/aromatic N) is 1. The molecule has 3 atom stereocenters. The number of nitrogens with one attached hydrogen (secondary N) is 1. The maximum Gasteiger partial charge on any atom is 0.0641 e. The first-order valence-electron chi connectivity index (χ1n) is 6.91. The largest absolute Gasteiger partial charge is 0.383 e. The van der Waals surface area contributed by atoms with Crippen LogP contribution >= 0.6 is 0 Å². The first-order valence-corrected chi connectivity index (χ1v) is 6.91. The van der Waals surface area contributed by atoms with Gasteiger partial charge in [-0.05, 0) is 26.7 Å². The van der Waals surface area contributed by atoms with E-state index in [0.717, 1.165) is 25.6 Å². The molecule has 1 heterocycles. The SMILES string of the molecule is CCC(C)C1CN(C(C)(C)COC)C(C)CN1. The lowest BCUT2D eigenvalue weighted by Gasteiger charge is -2.48. The van der Waals surface area contributed by atoms with Gasteiger partial charge in [0.1, 0.15) is 0 Å². The Bertz CT molecular complexity index is 230. The molecular weight excluding hydrogens is 212 g/mol. The Morgan fingerprint density at radius 1 is 1.47 bits per heavy atom. The van der Waals surface area contributed by atoms with E-state index in [0.29, 0.717) is 12.1 Å². The van der Waals surface area contributed by atoms with Crippen LogP contribution in [0.15, 0.2) is 0 Å². The molecule has 0 spiro atoms. The van der Waals surface area contributed by atoms with Crippen molar-refractivity contribution in [1.29, 1.82) is 0 Å². The molecule has 102 valence electrons. The van der Waals surface area contributed by atoms with Gasteiger partial charge in [0, 0.05) is 37.8 Å². The molecule has 0 aliphatic carbocycles. The van der Waals surface area contributed by atoms with Crippen molar-refractivity contribution >= 4 is 0 Å². The average Bonchev–Trinajstić information content (AvgIpc) is 2.28. The molecule has 1 aliphatic rings. The van der Waals surface area contributed by atoms with E-state index in [1.54, 1.807) is 7.11 Å². The summed E-state index contributed by atoms with van der Waals surface area (Å²) in [6.07, 6.45) is 1.24. The Hall–Kier alpha value is -0.120. The van der Waals surface area contributed by atoms with Gasteiger partial charge in [-0.2, -0.15) is 0 Å². The van der Waals surface area contributed by atoms with Crippen molar-refractivity contribution in [2.45, 2.75) is 58.7 Å². The summed E-state index contributed by atoms with van der Waals surface area (Å²) in [5, 5.41) is 3.68. The molecular formula is C14H30N2O. The third-order valence-corrected chi connectivity index (χ3v) is 4.21. The zero-order chi connectivity index (χ0) is 13.1. The van der Waals surface area contributed by atoms with Gasteiger partial charge < -0.3 is 10.1 Å². The summed E-state index contributed by atoms with van der Waals surface area (Å²) in [5.74, 6) is 0.739. The van der Waals surface area contributed by atoms with Gasteiger partial charge in [0.05, 0.1) is 6.61 Å². The van der Waals surface area contributed by atoms with Crippen LogP contribution in [0.5, 0.6) is 0 Å². The third-order valence-electron chi connectivity index (χ3n) is 4.21. The van der Waals surface area contributed by atoms with Crippen molar-refractivity contribution in [2.75, 3.05) is 26.8 Å². The van der Waals surface area contributed by atoms with Crippen molar-refractivity contribution in [3.05, 3.63) is 0 Å². The van der Waals surface area contributed by atoms with E-state index in [9.17, 15) is 0 Å². The number of hydrogen-bond donors (Lipinski definition) is 1. The van der Waals surface area contributed by atoms with Crippen LogP contribution in [-0.4, -0.2) is 49.3 Å². The second-order valence-electron chi connectivity index (χ2n) is 6.15. The number of hydrogen-bond acceptors (Lipinski definition) is 3. The highest BCUT2D eigenvalue weighted by Gasteiger charge is 2.36. The highest BCUT2D eigenvalue weighted by molar-refractivity contribution is 4.93. The molecule has 0 amide bonds. The first-order chi connectivity index (χ1) is 7.92. The summed E-state index contributed by atoms with van der Waals surface area (Å²) in [7, 11) is 1.79. The molecule has 1 fully saturated rings. The van der Waals surface area contributed by atoms with Gasteiger partial charge in [-0.3, -0.25) is 4.90 Å². The lowest BCUT2D eigenvalue weighted by Crippen LogP contribution is -2.64. The van der Waals surface area contributed by atoms with E-state index in [1.807, 2.05) is 0 Å². The molecule has 0 aromatic rings. The Morgan fingerprint density at radius 3 is 2.65 bits per heavy atom. The minimum Gasteiger partial charge on any atom is -0.383 e. The van der Waals surface area contributed by atoms with E-state index >= 15 is 0 Å². The van der Waals surface area contributed by atoms with Crippen molar-refractivity contribution in [3.8, 4) is 0 Å². The van der Waals surface area contributed by atoms with Crippen molar-refractivity contribution in [3.63, 3.8) is 0 Å². The number of piperazine rings is 1. The third kappa shape index (κ3) is 3.67. The molecule has 0 bridgehead atoms. The normalized spacial score (nSPS) is 29.3. The first kappa shape index (κ1) is 14.9. The predicted molar refractivity (Wildman–Crippen MR) is 73.4 cm³/mol. The summed E-state index contributed by atoms with van der Waals surface area (Å²) in [4.78, 5) is 2.60. The van der Waals surface area contributed by atoms with Crippen LogP contribution in [-0.2, 0) is 4.74 Å². The van der Waals surface area contributed by atoms with Gasteiger partial charge in [0.2, 0.25) is 0 Å². The minimum absolute atomic E-state index is 0.127. The van der Waals surface area contributed by atoms with Gasteiger partial charge in [-0.25, -0.2) is 0 Å². The van der Waals surface area contributed by atoms with Crippen LogP contribution in [0.3, 0.4) is 0 Å². The predicted octanol–water partition coefficient (Wildman–Crippen LogP) is 2.12. The molecule has 17 heavy (non-hydrogen) atoms. The van der Waals surface area contributed by atoms with Crippen molar-refractivity contribution in [1.82, 2.24) is 10.2 Å². The molecule has 1 N–H and O–H groups in total. The molecule has 1 aliphatic heterocycles. The molecule has 3 nitrogen and oxygen atoms in total. The summed E-state index contributed by atoms with van der Waals surface area (Å²) >= 11 is 0. The highest BCUT2D eigenvalue weighted by Crippen LogP contribution is 2.23. The van der Waals surface area contributed by atoms with Gasteiger partial charge in [0.25, 0.3) is 0 Å². The van der Waals surface area contributed by atoms with E-state index in [4.69, 9.17) is 4.74 Å². The molecule has 1 saturated heterocycles. The van der Waals surface area contributed by atoms with Crippen LogP contribution in [0, 0.1) is 5.92 Å². The molecule has 1 rings (SSSR count). The summed E-state index contributed by atoms with van der Waals surface area (Å²) in [6, 6.07) is 1.20. The summed E-state index contributed by atoms with van der Waals surface area (Å²) in [6.45, 7) is 14.5. The maximum atomic E-state index is 5.37. The number of rotatable bonds is 5. The average molecular weight is 242 g/mol. The lowest BCUT2D eigenvalue weighted by atomic mass is 9.92. The second-order valence-corrected chi connectivity index (χ2v) is 6.15. The van der Waals surface area contributed by atoms with Gasteiger partial charge >= 0.3 is 0 Å². The lowest BCUT2D eigenvalue weighted by molar-refractivity contribution is -0.0175. The zero-order valence-corrected chi connectivity index (χ0v) is 12.4. The van der Waals surface area contributed by atoms with Crippen LogP contribution in [0.25, 0.3) is 0 Å². The van der Waals surface area contributed by atoms with Crippen LogP contribution in [0.4, 0.5) is 0 Å². The number of methoxy groups -OCH3 is 1. The fraction of sp³-hybridized carbons (Fsp3) is 1.00. The quantitative estimate of drug-likeness (QED) is 0.799. The smallest absolute Gasteiger partial charge is 0.0641 e. The zero-order valence-electron chi connectivity index (χ0n) is 12.4. The molecule has 3 heteroatoms. The molecule has 0 radical (unpaired) electrons. The molecule has 0 aromatic heterocycles. The Morgan fingerprint density at radius 2 is 2.12 bits per heavy atom. The molecule has 0 saturated carbocycles. The minimum atomic E-state index is 0.127. The summed E-state index contributed by atoms with van der Waals surface area (Å²) < 4.78 is 5.37.